The highest BCUT2D eigenvalue weighted by atomic mass is 35.5. The van der Waals surface area contributed by atoms with E-state index in [1.807, 2.05) is 23.5 Å². The second-order valence-corrected chi connectivity index (χ2v) is 7.16. The van der Waals surface area contributed by atoms with Crippen LogP contribution in [0.3, 0.4) is 0 Å². The number of nitrogens with one attached hydrogen (secondary N) is 1. The molecule has 0 radical (unpaired) electrons. The molecule has 5 nitrogen and oxygen atoms in total. The van der Waals surface area contributed by atoms with Gasteiger partial charge in [-0.2, -0.15) is 13.2 Å². The first-order valence-corrected chi connectivity index (χ1v) is 9.78. The fourth-order valence-electron chi connectivity index (χ4n) is 3.17. The van der Waals surface area contributed by atoms with Crippen molar-refractivity contribution in [3.05, 3.63) is 23.8 Å². The molecule has 1 atom stereocenters. The summed E-state index contributed by atoms with van der Waals surface area (Å²) in [6.07, 6.45) is -2.30. The molecule has 0 bridgehead atoms. The van der Waals surface area contributed by atoms with Gasteiger partial charge in [-0.3, -0.25) is 9.69 Å². The number of benzene rings is 1. The van der Waals surface area contributed by atoms with Crippen molar-refractivity contribution in [1.82, 2.24) is 10.2 Å². The van der Waals surface area contributed by atoms with Gasteiger partial charge >= 0.3 is 6.18 Å². The van der Waals surface area contributed by atoms with Crippen LogP contribution in [-0.2, 0) is 11.3 Å². The SMILES string of the molecule is COc1cc(CN2CCC[C@@H](C(=O)NCC(F)(F)F)C2)ccc1OCCCCl. The van der Waals surface area contributed by atoms with Gasteiger partial charge < -0.3 is 14.8 Å². The number of halogens is 4. The highest BCUT2D eigenvalue weighted by molar-refractivity contribution is 6.17. The van der Waals surface area contributed by atoms with Crippen molar-refractivity contribution in [3.8, 4) is 11.5 Å². The van der Waals surface area contributed by atoms with E-state index in [1.54, 1.807) is 7.11 Å². The van der Waals surface area contributed by atoms with Gasteiger partial charge in [0.15, 0.2) is 11.5 Å². The van der Waals surface area contributed by atoms with Crippen LogP contribution in [0.1, 0.15) is 24.8 Å². The van der Waals surface area contributed by atoms with Gasteiger partial charge in [0.2, 0.25) is 5.91 Å². The lowest BCUT2D eigenvalue weighted by molar-refractivity contribution is -0.141. The number of alkyl halides is 4. The van der Waals surface area contributed by atoms with E-state index >= 15 is 0 Å². The second kappa shape index (κ2) is 10.8. The molecule has 0 aliphatic carbocycles. The van der Waals surface area contributed by atoms with Crippen LogP contribution < -0.4 is 14.8 Å². The lowest BCUT2D eigenvalue weighted by atomic mass is 9.96. The Labute approximate surface area is 168 Å². The molecular formula is C19H26ClF3N2O3. The Kier molecular flexibility index (Phi) is 8.69. The predicted octanol–water partition coefficient (Wildman–Crippen LogP) is 3.59. The molecule has 1 aliphatic rings. The molecule has 9 heteroatoms. The molecule has 2 rings (SSSR count). The number of amides is 1. The number of hydrogen-bond acceptors (Lipinski definition) is 4. The van der Waals surface area contributed by atoms with E-state index in [-0.39, 0.29) is 0 Å². The maximum absolute atomic E-state index is 12.3. The van der Waals surface area contributed by atoms with E-state index in [2.05, 4.69) is 4.90 Å². The molecule has 1 saturated heterocycles. The first-order chi connectivity index (χ1) is 13.3. The Morgan fingerprint density at radius 3 is 2.82 bits per heavy atom. The van der Waals surface area contributed by atoms with E-state index in [4.69, 9.17) is 21.1 Å². The van der Waals surface area contributed by atoms with Gasteiger partial charge in [-0.05, 0) is 43.5 Å². The van der Waals surface area contributed by atoms with Gasteiger partial charge in [0.1, 0.15) is 6.54 Å². The van der Waals surface area contributed by atoms with Crippen molar-refractivity contribution in [3.63, 3.8) is 0 Å². The molecule has 0 spiro atoms. The smallest absolute Gasteiger partial charge is 0.405 e. The zero-order valence-corrected chi connectivity index (χ0v) is 16.6. The second-order valence-electron chi connectivity index (χ2n) is 6.78. The molecule has 1 N–H and O–H groups in total. The largest absolute Gasteiger partial charge is 0.493 e. The molecule has 0 aromatic heterocycles. The molecule has 1 aliphatic heterocycles. The summed E-state index contributed by atoms with van der Waals surface area (Å²) >= 11 is 5.65. The molecule has 1 aromatic carbocycles. The van der Waals surface area contributed by atoms with Crippen LogP contribution in [0.4, 0.5) is 13.2 Å². The first-order valence-electron chi connectivity index (χ1n) is 9.25. The van der Waals surface area contributed by atoms with Crippen molar-refractivity contribution < 1.29 is 27.4 Å². The fraction of sp³-hybridized carbons (Fsp3) is 0.632. The third kappa shape index (κ3) is 7.39. The van der Waals surface area contributed by atoms with Crippen molar-refractivity contribution in [2.24, 2.45) is 5.92 Å². The zero-order chi connectivity index (χ0) is 20.6. The molecule has 0 saturated carbocycles. The van der Waals surface area contributed by atoms with Crippen LogP contribution in [0.15, 0.2) is 18.2 Å². The van der Waals surface area contributed by atoms with Crippen molar-refractivity contribution in [2.75, 3.05) is 39.2 Å². The van der Waals surface area contributed by atoms with Crippen LogP contribution >= 0.6 is 11.6 Å². The minimum atomic E-state index is -4.39. The average molecular weight is 423 g/mol. The Morgan fingerprint density at radius 1 is 1.36 bits per heavy atom. The Balaban J connectivity index is 1.92. The van der Waals surface area contributed by atoms with Crippen LogP contribution in [0.25, 0.3) is 0 Å². The quantitative estimate of drug-likeness (QED) is 0.488. The summed E-state index contributed by atoms with van der Waals surface area (Å²) in [4.78, 5) is 14.1. The number of methoxy groups -OCH3 is 1. The molecule has 1 fully saturated rings. The number of ether oxygens (including phenoxy) is 2. The zero-order valence-electron chi connectivity index (χ0n) is 15.9. The summed E-state index contributed by atoms with van der Waals surface area (Å²) in [5.74, 6) is 0.800. The molecule has 0 unspecified atom stereocenters. The Morgan fingerprint density at radius 2 is 2.14 bits per heavy atom. The fourth-order valence-corrected chi connectivity index (χ4v) is 3.28. The molecule has 158 valence electrons. The highest BCUT2D eigenvalue weighted by Gasteiger charge is 2.31. The van der Waals surface area contributed by atoms with E-state index < -0.39 is 24.5 Å². The third-order valence-corrected chi connectivity index (χ3v) is 4.78. The lowest BCUT2D eigenvalue weighted by Gasteiger charge is -2.32. The highest BCUT2D eigenvalue weighted by Crippen LogP contribution is 2.29. The van der Waals surface area contributed by atoms with E-state index in [0.29, 0.717) is 43.5 Å². The maximum atomic E-state index is 12.3. The summed E-state index contributed by atoms with van der Waals surface area (Å²) in [7, 11) is 1.56. The van der Waals surface area contributed by atoms with Crippen molar-refractivity contribution in [1.29, 1.82) is 0 Å². The van der Waals surface area contributed by atoms with Crippen LogP contribution in [-0.4, -0.2) is 56.2 Å². The number of carbonyl (C=O) groups is 1. The van der Waals surface area contributed by atoms with Gasteiger partial charge in [0.05, 0.1) is 19.6 Å². The third-order valence-electron chi connectivity index (χ3n) is 4.51. The number of nitrogens with zero attached hydrogens (tertiary/aromatic N) is 1. The molecule has 1 heterocycles. The number of piperidine rings is 1. The van der Waals surface area contributed by atoms with Gasteiger partial charge in [0.25, 0.3) is 0 Å². The Hall–Kier alpha value is -1.67. The van der Waals surface area contributed by atoms with E-state index in [0.717, 1.165) is 24.9 Å². The minimum Gasteiger partial charge on any atom is -0.493 e. The number of hydrogen-bond donors (Lipinski definition) is 1. The summed E-state index contributed by atoms with van der Waals surface area (Å²) in [6.45, 7) is 1.02. The molecule has 1 amide bonds. The predicted molar refractivity (Wildman–Crippen MR) is 101 cm³/mol. The molecular weight excluding hydrogens is 397 g/mol. The van der Waals surface area contributed by atoms with Gasteiger partial charge in [0, 0.05) is 19.0 Å². The summed E-state index contributed by atoms with van der Waals surface area (Å²) in [5, 5.41) is 1.99. The topological polar surface area (TPSA) is 50.8 Å². The van der Waals surface area contributed by atoms with Crippen LogP contribution in [0.2, 0.25) is 0 Å². The van der Waals surface area contributed by atoms with Crippen molar-refractivity contribution >= 4 is 17.5 Å². The van der Waals surface area contributed by atoms with E-state index in [9.17, 15) is 18.0 Å². The number of carbonyl (C=O) groups excluding carboxylic acids is 1. The monoisotopic (exact) mass is 422 g/mol. The van der Waals surface area contributed by atoms with Crippen LogP contribution in [0, 0.1) is 5.92 Å². The van der Waals surface area contributed by atoms with Gasteiger partial charge in [-0.15, -0.1) is 11.6 Å². The lowest BCUT2D eigenvalue weighted by Crippen LogP contribution is -2.44. The maximum Gasteiger partial charge on any atom is 0.405 e. The molecule has 1 aromatic rings. The normalized spacial score (nSPS) is 18.0. The average Bonchev–Trinajstić information content (AvgIpc) is 2.67. The van der Waals surface area contributed by atoms with Gasteiger partial charge in [-0.1, -0.05) is 6.07 Å². The standard InChI is InChI=1S/C19H26ClF3N2O3/c1-27-17-10-14(5-6-16(17)28-9-3-7-20)11-25-8-2-4-15(12-25)18(26)24-13-19(21,22)23/h5-6,10,15H,2-4,7-9,11-13H2,1H3,(H,24,26)/t15-/m1/s1. The minimum absolute atomic E-state index is 0.431. The van der Waals surface area contributed by atoms with Crippen LogP contribution in [0.5, 0.6) is 11.5 Å². The number of rotatable bonds is 9. The molecule has 28 heavy (non-hydrogen) atoms. The Bertz CT molecular complexity index is 643. The summed E-state index contributed by atoms with van der Waals surface area (Å²) in [5.41, 5.74) is 0.984. The van der Waals surface area contributed by atoms with Crippen molar-refractivity contribution in [2.45, 2.75) is 32.0 Å². The van der Waals surface area contributed by atoms with E-state index in [1.165, 1.54) is 0 Å². The summed E-state index contributed by atoms with van der Waals surface area (Å²) < 4.78 is 47.9. The number of likely N-dealkylation sites (tertiary alicyclic amines) is 1. The van der Waals surface area contributed by atoms with Gasteiger partial charge in [-0.25, -0.2) is 0 Å². The first kappa shape index (κ1) is 22.6. The summed E-state index contributed by atoms with van der Waals surface area (Å²) in [6, 6.07) is 5.63.